The van der Waals surface area contributed by atoms with Crippen LogP contribution in [0.4, 0.5) is 0 Å². The van der Waals surface area contributed by atoms with Crippen LogP contribution < -0.4 is 5.32 Å². The summed E-state index contributed by atoms with van der Waals surface area (Å²) >= 11 is 0. The molecule has 0 radical (unpaired) electrons. The SMILES string of the molecule is CC(C)CNCC(C(C)C)N1CCC[C@H]2CCCC[C@H]21. The topological polar surface area (TPSA) is 15.3 Å². The highest BCUT2D eigenvalue weighted by atomic mass is 15.2. The number of hydrogen-bond donors (Lipinski definition) is 1. The fourth-order valence-corrected chi connectivity index (χ4v) is 4.33. The van der Waals surface area contributed by atoms with Crippen LogP contribution in [0.3, 0.4) is 0 Å². The zero-order chi connectivity index (χ0) is 14.5. The first kappa shape index (κ1) is 16.3. The first-order valence-electron chi connectivity index (χ1n) is 9.06. The number of nitrogens with one attached hydrogen (secondary N) is 1. The third kappa shape index (κ3) is 4.21. The van der Waals surface area contributed by atoms with E-state index in [4.69, 9.17) is 0 Å². The van der Waals surface area contributed by atoms with Gasteiger partial charge in [0, 0.05) is 18.6 Å². The summed E-state index contributed by atoms with van der Waals surface area (Å²) in [6, 6.07) is 1.63. The van der Waals surface area contributed by atoms with Crippen LogP contribution in [0.15, 0.2) is 0 Å². The highest BCUT2D eigenvalue weighted by Gasteiger charge is 2.37. The van der Waals surface area contributed by atoms with Crippen molar-refractivity contribution >= 4 is 0 Å². The molecule has 118 valence electrons. The smallest absolute Gasteiger partial charge is 0.0246 e. The third-order valence-corrected chi connectivity index (χ3v) is 5.39. The molecule has 2 aliphatic rings. The van der Waals surface area contributed by atoms with Gasteiger partial charge >= 0.3 is 0 Å². The molecule has 0 aromatic carbocycles. The average molecular weight is 280 g/mol. The van der Waals surface area contributed by atoms with Gasteiger partial charge in [-0.05, 0) is 56.5 Å². The van der Waals surface area contributed by atoms with Gasteiger partial charge in [-0.3, -0.25) is 4.90 Å². The minimum absolute atomic E-state index is 0.736. The molecule has 2 fully saturated rings. The normalized spacial score (nSPS) is 29.7. The van der Waals surface area contributed by atoms with Gasteiger partial charge in [-0.1, -0.05) is 40.5 Å². The molecule has 2 heteroatoms. The third-order valence-electron chi connectivity index (χ3n) is 5.39. The predicted molar refractivity (Wildman–Crippen MR) is 88.0 cm³/mol. The Morgan fingerprint density at radius 1 is 0.950 bits per heavy atom. The quantitative estimate of drug-likeness (QED) is 0.793. The molecule has 20 heavy (non-hydrogen) atoms. The van der Waals surface area contributed by atoms with Crippen molar-refractivity contribution in [1.29, 1.82) is 0 Å². The van der Waals surface area contributed by atoms with Gasteiger partial charge in [0.1, 0.15) is 0 Å². The molecule has 0 spiro atoms. The Kier molecular flexibility index (Phi) is 6.35. The Hall–Kier alpha value is -0.0800. The molecule has 2 rings (SSSR count). The lowest BCUT2D eigenvalue weighted by atomic mass is 9.77. The molecular weight excluding hydrogens is 244 g/mol. The summed E-state index contributed by atoms with van der Waals surface area (Å²) < 4.78 is 0. The second-order valence-corrected chi connectivity index (χ2v) is 7.86. The lowest BCUT2D eigenvalue weighted by molar-refractivity contribution is 0.0100. The van der Waals surface area contributed by atoms with Crippen LogP contribution in [0.1, 0.15) is 66.2 Å². The van der Waals surface area contributed by atoms with Gasteiger partial charge in [0.25, 0.3) is 0 Å². The maximum Gasteiger partial charge on any atom is 0.0246 e. The van der Waals surface area contributed by atoms with Crippen LogP contribution in [0.5, 0.6) is 0 Å². The molecule has 1 heterocycles. The van der Waals surface area contributed by atoms with Crippen LogP contribution in [0.2, 0.25) is 0 Å². The minimum Gasteiger partial charge on any atom is -0.315 e. The van der Waals surface area contributed by atoms with Crippen molar-refractivity contribution in [1.82, 2.24) is 10.2 Å². The molecule has 1 saturated heterocycles. The highest BCUT2D eigenvalue weighted by Crippen LogP contribution is 2.37. The van der Waals surface area contributed by atoms with E-state index in [-0.39, 0.29) is 0 Å². The van der Waals surface area contributed by atoms with E-state index >= 15 is 0 Å². The molecule has 1 N–H and O–H groups in total. The monoisotopic (exact) mass is 280 g/mol. The maximum absolute atomic E-state index is 3.72. The van der Waals surface area contributed by atoms with Gasteiger partial charge in [-0.25, -0.2) is 0 Å². The second-order valence-electron chi connectivity index (χ2n) is 7.86. The van der Waals surface area contributed by atoms with Crippen molar-refractivity contribution in [2.24, 2.45) is 17.8 Å². The summed E-state index contributed by atoms with van der Waals surface area (Å²) in [7, 11) is 0. The fraction of sp³-hybridized carbons (Fsp3) is 1.00. The molecule has 2 nitrogen and oxygen atoms in total. The van der Waals surface area contributed by atoms with Gasteiger partial charge in [0.05, 0.1) is 0 Å². The Morgan fingerprint density at radius 2 is 1.65 bits per heavy atom. The zero-order valence-corrected chi connectivity index (χ0v) is 14.2. The Bertz CT molecular complexity index is 273. The molecule has 1 saturated carbocycles. The van der Waals surface area contributed by atoms with E-state index in [0.29, 0.717) is 0 Å². The van der Waals surface area contributed by atoms with Crippen molar-refractivity contribution in [2.75, 3.05) is 19.6 Å². The molecular formula is C18H36N2. The van der Waals surface area contributed by atoms with Crippen LogP contribution in [0, 0.1) is 17.8 Å². The van der Waals surface area contributed by atoms with Gasteiger partial charge in [-0.2, -0.15) is 0 Å². The summed E-state index contributed by atoms with van der Waals surface area (Å²) in [6.07, 6.45) is 8.80. The Labute approximate surface area is 126 Å². The number of fused-ring (bicyclic) bond motifs is 1. The lowest BCUT2D eigenvalue weighted by Crippen LogP contribution is -2.56. The van der Waals surface area contributed by atoms with E-state index in [1.807, 2.05) is 0 Å². The predicted octanol–water partition coefficient (Wildman–Crippen LogP) is 3.91. The number of rotatable bonds is 6. The molecule has 1 aliphatic carbocycles. The zero-order valence-electron chi connectivity index (χ0n) is 14.2. The van der Waals surface area contributed by atoms with Crippen molar-refractivity contribution < 1.29 is 0 Å². The number of likely N-dealkylation sites (tertiary alicyclic amines) is 1. The number of piperidine rings is 1. The maximum atomic E-state index is 3.72. The molecule has 0 amide bonds. The highest BCUT2D eigenvalue weighted by molar-refractivity contribution is 4.92. The first-order chi connectivity index (χ1) is 9.59. The van der Waals surface area contributed by atoms with Gasteiger partial charge in [-0.15, -0.1) is 0 Å². The van der Waals surface area contributed by atoms with E-state index in [0.717, 1.165) is 36.4 Å². The summed E-state index contributed by atoms with van der Waals surface area (Å²) in [5.74, 6) is 2.52. The average Bonchev–Trinajstić information content (AvgIpc) is 2.42. The van der Waals surface area contributed by atoms with E-state index in [2.05, 4.69) is 37.9 Å². The molecule has 1 unspecified atom stereocenters. The summed E-state index contributed by atoms with van der Waals surface area (Å²) in [6.45, 7) is 13.1. The van der Waals surface area contributed by atoms with E-state index in [1.165, 1.54) is 51.6 Å². The molecule has 0 bridgehead atoms. The summed E-state index contributed by atoms with van der Waals surface area (Å²) in [5, 5.41) is 3.72. The lowest BCUT2D eigenvalue weighted by Gasteiger charge is -2.49. The largest absolute Gasteiger partial charge is 0.315 e. The van der Waals surface area contributed by atoms with E-state index in [9.17, 15) is 0 Å². The van der Waals surface area contributed by atoms with Crippen LogP contribution in [-0.4, -0.2) is 36.6 Å². The van der Waals surface area contributed by atoms with E-state index in [1.54, 1.807) is 0 Å². The van der Waals surface area contributed by atoms with Gasteiger partial charge in [0.15, 0.2) is 0 Å². The minimum atomic E-state index is 0.736. The Balaban J connectivity index is 1.95. The van der Waals surface area contributed by atoms with Crippen molar-refractivity contribution in [3.8, 4) is 0 Å². The fourth-order valence-electron chi connectivity index (χ4n) is 4.33. The standard InChI is InChI=1S/C18H36N2/c1-14(2)12-19-13-18(15(3)4)20-11-7-9-16-8-5-6-10-17(16)20/h14-19H,5-13H2,1-4H3/t16-,17-,18?/m1/s1. The molecule has 1 aliphatic heterocycles. The van der Waals surface area contributed by atoms with Crippen molar-refractivity contribution in [2.45, 2.75) is 78.3 Å². The van der Waals surface area contributed by atoms with Gasteiger partial charge in [0.2, 0.25) is 0 Å². The number of nitrogens with zero attached hydrogens (tertiary/aromatic N) is 1. The summed E-state index contributed by atoms with van der Waals surface area (Å²) in [4.78, 5) is 2.89. The molecule has 3 atom stereocenters. The van der Waals surface area contributed by atoms with Gasteiger partial charge < -0.3 is 5.32 Å². The van der Waals surface area contributed by atoms with Crippen LogP contribution in [0.25, 0.3) is 0 Å². The first-order valence-corrected chi connectivity index (χ1v) is 9.06. The number of hydrogen-bond acceptors (Lipinski definition) is 2. The Morgan fingerprint density at radius 3 is 2.35 bits per heavy atom. The second kappa shape index (κ2) is 7.79. The summed E-state index contributed by atoms with van der Waals surface area (Å²) in [5.41, 5.74) is 0. The molecule has 0 aromatic rings. The van der Waals surface area contributed by atoms with Crippen molar-refractivity contribution in [3.05, 3.63) is 0 Å². The van der Waals surface area contributed by atoms with Crippen LogP contribution >= 0.6 is 0 Å². The molecule has 0 aromatic heterocycles. The van der Waals surface area contributed by atoms with Crippen molar-refractivity contribution in [3.63, 3.8) is 0 Å². The van der Waals surface area contributed by atoms with Crippen LogP contribution in [-0.2, 0) is 0 Å². The van der Waals surface area contributed by atoms with E-state index < -0.39 is 0 Å².